The Kier molecular flexibility index (Phi) is 7.31. The molecule has 0 spiro atoms. The first-order valence-corrected chi connectivity index (χ1v) is 10.9. The molecule has 4 atom stereocenters. The van der Waals surface area contributed by atoms with E-state index in [2.05, 4.69) is 31.2 Å². The predicted molar refractivity (Wildman–Crippen MR) is 127 cm³/mol. The van der Waals surface area contributed by atoms with E-state index < -0.39 is 24.2 Å². The second-order valence-corrected chi connectivity index (χ2v) is 7.84. The third-order valence-electron chi connectivity index (χ3n) is 5.60. The van der Waals surface area contributed by atoms with Crippen molar-refractivity contribution in [2.24, 2.45) is 0 Å². The summed E-state index contributed by atoms with van der Waals surface area (Å²) in [5, 5.41) is 35.9. The van der Waals surface area contributed by atoms with E-state index in [1.807, 2.05) is 12.2 Å². The van der Waals surface area contributed by atoms with E-state index in [4.69, 9.17) is 0 Å². The topological polar surface area (TPSA) is 160 Å². The molecule has 12 nitrogen and oxygen atoms in total. The van der Waals surface area contributed by atoms with Gasteiger partial charge in [-0.15, -0.1) is 0 Å². The minimum Gasteiger partial charge on any atom is -0.359 e. The van der Waals surface area contributed by atoms with Crippen LogP contribution in [0.4, 0.5) is 0 Å². The molecule has 0 amide bonds. The Morgan fingerprint density at radius 3 is 1.54 bits per heavy atom. The third kappa shape index (κ3) is 5.79. The van der Waals surface area contributed by atoms with Crippen LogP contribution < -0.4 is 21.3 Å². The van der Waals surface area contributed by atoms with Gasteiger partial charge in [-0.2, -0.15) is 0 Å². The number of pyridine rings is 2. The average molecular weight is 476 g/mol. The van der Waals surface area contributed by atoms with Gasteiger partial charge in [0.2, 0.25) is 0 Å². The van der Waals surface area contributed by atoms with Gasteiger partial charge < -0.3 is 21.3 Å². The van der Waals surface area contributed by atoms with Crippen LogP contribution in [-0.2, 0) is 0 Å². The highest BCUT2D eigenvalue weighted by atomic mass is 16.6. The maximum atomic E-state index is 11.8. The Hall–Kier alpha value is -4.74. The summed E-state index contributed by atoms with van der Waals surface area (Å²) in [5.74, 6) is 1.25. The fourth-order valence-corrected chi connectivity index (χ4v) is 3.96. The highest BCUT2D eigenvalue weighted by Gasteiger charge is 2.34. The van der Waals surface area contributed by atoms with Crippen LogP contribution in [0.25, 0.3) is 0 Å². The zero-order valence-electron chi connectivity index (χ0n) is 18.5. The van der Waals surface area contributed by atoms with Gasteiger partial charge in [-0.1, -0.05) is 0 Å². The Morgan fingerprint density at radius 1 is 0.771 bits per heavy atom. The maximum Gasteiger partial charge on any atom is 0.261 e. The normalized spacial score (nSPS) is 22.9. The van der Waals surface area contributed by atoms with Crippen LogP contribution in [0, 0.1) is 20.2 Å². The molecule has 0 radical (unpaired) electrons. The molecule has 0 bridgehead atoms. The number of hydrogen-bond acceptors (Lipinski definition) is 10. The molecule has 0 saturated carbocycles. The lowest BCUT2D eigenvalue weighted by Gasteiger charge is -2.26. The molecule has 2 aromatic heterocycles. The van der Waals surface area contributed by atoms with E-state index >= 15 is 0 Å². The van der Waals surface area contributed by atoms with Gasteiger partial charge in [0.1, 0.15) is 12.1 Å². The molecule has 4 rings (SSSR count). The van der Waals surface area contributed by atoms with Crippen LogP contribution >= 0.6 is 0 Å². The molecule has 2 aromatic rings. The van der Waals surface area contributed by atoms with E-state index in [1.54, 1.807) is 48.8 Å². The summed E-state index contributed by atoms with van der Waals surface area (Å²) in [6.45, 7) is 0. The van der Waals surface area contributed by atoms with Crippen molar-refractivity contribution in [3.05, 3.63) is 129 Å². The Balaban J connectivity index is 1.42. The van der Waals surface area contributed by atoms with Crippen molar-refractivity contribution in [3.8, 4) is 0 Å². The zero-order chi connectivity index (χ0) is 24.6. The molecular formula is C23H24N8O4. The number of aromatic nitrogens is 2. The molecule has 0 aromatic carbocycles. The molecule has 12 heteroatoms. The molecule has 180 valence electrons. The van der Waals surface area contributed by atoms with Crippen molar-refractivity contribution >= 4 is 0 Å². The molecule has 0 aliphatic carbocycles. The highest BCUT2D eigenvalue weighted by Crippen LogP contribution is 2.24. The summed E-state index contributed by atoms with van der Waals surface area (Å²) in [7, 11) is 0. The summed E-state index contributed by atoms with van der Waals surface area (Å²) >= 11 is 0. The predicted octanol–water partition coefficient (Wildman–Crippen LogP) is 2.04. The van der Waals surface area contributed by atoms with Gasteiger partial charge in [0.25, 0.3) is 12.1 Å². The van der Waals surface area contributed by atoms with Crippen LogP contribution in [0.5, 0.6) is 0 Å². The Bertz CT molecular complexity index is 1080. The van der Waals surface area contributed by atoms with Crippen LogP contribution in [0.3, 0.4) is 0 Å². The van der Waals surface area contributed by atoms with Crippen LogP contribution in [0.1, 0.15) is 29.6 Å². The van der Waals surface area contributed by atoms with Crippen LogP contribution in [0.15, 0.2) is 97.4 Å². The first-order valence-electron chi connectivity index (χ1n) is 10.9. The van der Waals surface area contributed by atoms with Gasteiger partial charge in [-0.3, -0.25) is 30.2 Å². The van der Waals surface area contributed by atoms with E-state index in [0.717, 1.165) is 0 Å². The lowest BCUT2D eigenvalue weighted by molar-refractivity contribution is -0.531. The number of nitro groups is 2. The molecule has 4 heterocycles. The lowest BCUT2D eigenvalue weighted by atomic mass is 10.00. The summed E-state index contributed by atoms with van der Waals surface area (Å²) in [6.07, 6.45) is 17.0. The first kappa shape index (κ1) is 23.4. The fraction of sp³-hybridized carbons (Fsp3) is 0.217. The van der Waals surface area contributed by atoms with Gasteiger partial charge in [0, 0.05) is 58.2 Å². The van der Waals surface area contributed by atoms with Crippen molar-refractivity contribution in [1.82, 2.24) is 31.2 Å². The van der Waals surface area contributed by atoms with Crippen molar-refractivity contribution in [2.45, 2.75) is 30.6 Å². The van der Waals surface area contributed by atoms with Crippen molar-refractivity contribution in [3.63, 3.8) is 0 Å². The number of hydrogen-bond donors (Lipinski definition) is 4. The van der Waals surface area contributed by atoms with E-state index in [1.165, 1.54) is 24.8 Å². The number of nitrogens with zero attached hydrogens (tertiary/aromatic N) is 4. The van der Waals surface area contributed by atoms with Gasteiger partial charge in [0.05, 0.1) is 11.6 Å². The molecule has 4 unspecified atom stereocenters. The van der Waals surface area contributed by atoms with Gasteiger partial charge in [-0.25, -0.2) is 0 Å². The standard InChI is InChI=1S/C23H24N8O4/c32-30(33)22(16-4-10-24-11-5-16)18-8-14-26-20(28-18)2-1-3-21-27-15-9-19(29-21)23(31(34)35)17-6-12-25-13-7-17/h2-15,18-19,22-23,26-29H,1H2/b20-2-,21-3+. The monoisotopic (exact) mass is 476 g/mol. The molecule has 35 heavy (non-hydrogen) atoms. The minimum atomic E-state index is -0.974. The highest BCUT2D eigenvalue weighted by molar-refractivity contribution is 5.24. The lowest BCUT2D eigenvalue weighted by Crippen LogP contribution is -2.42. The van der Waals surface area contributed by atoms with E-state index in [0.29, 0.717) is 29.2 Å². The number of nitrogens with one attached hydrogen (secondary N) is 4. The van der Waals surface area contributed by atoms with Crippen molar-refractivity contribution < 1.29 is 9.85 Å². The summed E-state index contributed by atoms with van der Waals surface area (Å²) < 4.78 is 0. The molecule has 0 fully saturated rings. The average Bonchev–Trinajstić information content (AvgIpc) is 2.86. The summed E-state index contributed by atoms with van der Waals surface area (Å²) in [5.41, 5.74) is 1.11. The smallest absolute Gasteiger partial charge is 0.261 e. The molecule has 4 N–H and O–H groups in total. The molecule has 2 aliphatic rings. The van der Waals surface area contributed by atoms with Gasteiger partial charge in [0.15, 0.2) is 0 Å². The quantitative estimate of drug-likeness (QED) is 0.328. The molecule has 2 aliphatic heterocycles. The van der Waals surface area contributed by atoms with Crippen LogP contribution in [-0.4, -0.2) is 31.9 Å². The largest absolute Gasteiger partial charge is 0.359 e. The van der Waals surface area contributed by atoms with Gasteiger partial charge >= 0.3 is 0 Å². The summed E-state index contributed by atoms with van der Waals surface area (Å²) in [6, 6.07) is 3.48. The first-order chi connectivity index (χ1) is 17.0. The molecular weight excluding hydrogens is 452 g/mol. The minimum absolute atomic E-state index is 0.320. The summed E-state index contributed by atoms with van der Waals surface area (Å²) in [4.78, 5) is 30.7. The number of rotatable bonds is 8. The second-order valence-electron chi connectivity index (χ2n) is 7.84. The maximum absolute atomic E-state index is 11.8. The van der Waals surface area contributed by atoms with Crippen molar-refractivity contribution in [2.75, 3.05) is 0 Å². The van der Waals surface area contributed by atoms with E-state index in [9.17, 15) is 20.2 Å². The zero-order valence-corrected chi connectivity index (χ0v) is 18.5. The van der Waals surface area contributed by atoms with Gasteiger partial charge in [-0.05, 0) is 55.0 Å². The van der Waals surface area contributed by atoms with E-state index in [-0.39, 0.29) is 9.85 Å². The third-order valence-corrected chi connectivity index (χ3v) is 5.60. The van der Waals surface area contributed by atoms with Crippen LogP contribution in [0.2, 0.25) is 0 Å². The van der Waals surface area contributed by atoms with Crippen molar-refractivity contribution in [1.29, 1.82) is 0 Å². The Labute approximate surface area is 200 Å². The SMILES string of the molecule is O=[N+]([O-])C(c1ccncc1)C1C=CN/C(=C/C/C=C2\NC=CC(C(c3ccncc3)[N+](=O)[O-])N2)N1. The Morgan fingerprint density at radius 2 is 1.17 bits per heavy atom. The molecule has 0 saturated heterocycles. The number of allylic oxidation sites excluding steroid dienone is 2. The fourth-order valence-electron chi connectivity index (χ4n) is 3.96. The second kappa shape index (κ2) is 10.9.